The molecule has 0 N–H and O–H groups in total. The first-order valence-electron chi connectivity index (χ1n) is 18.8. The van der Waals surface area contributed by atoms with E-state index in [1.807, 2.05) is 11.3 Å². The van der Waals surface area contributed by atoms with Crippen LogP contribution in [0, 0.1) is 0 Å². The summed E-state index contributed by atoms with van der Waals surface area (Å²) in [4.78, 5) is 2.36. The van der Waals surface area contributed by atoms with Gasteiger partial charge in [-0.2, -0.15) is 0 Å². The molecule has 0 aliphatic carbocycles. The topological polar surface area (TPSA) is 8.17 Å². The molecule has 55 heavy (non-hydrogen) atoms. The van der Waals surface area contributed by atoms with E-state index in [9.17, 15) is 0 Å². The van der Waals surface area contributed by atoms with Crippen molar-refractivity contribution < 1.29 is 0 Å². The molecule has 9 aromatic carbocycles. The Bertz CT molecular complexity index is 3180. The smallest absolute Gasteiger partial charge is 0.0555 e. The summed E-state index contributed by atoms with van der Waals surface area (Å²) in [6.07, 6.45) is 0. The van der Waals surface area contributed by atoms with Crippen LogP contribution in [-0.2, 0) is 0 Å². The summed E-state index contributed by atoms with van der Waals surface area (Å²) in [6.45, 7) is 0. The van der Waals surface area contributed by atoms with Crippen LogP contribution in [0.2, 0.25) is 0 Å². The molecule has 11 aromatic rings. The van der Waals surface area contributed by atoms with Gasteiger partial charge in [-0.1, -0.05) is 140 Å². The zero-order chi connectivity index (χ0) is 36.3. The van der Waals surface area contributed by atoms with E-state index in [1.54, 1.807) is 0 Å². The summed E-state index contributed by atoms with van der Waals surface area (Å²) in [6, 6.07) is 75.0. The largest absolute Gasteiger partial charge is 0.310 e. The maximum atomic E-state index is 2.44. The summed E-state index contributed by atoms with van der Waals surface area (Å²) in [5.41, 5.74) is 11.8. The van der Waals surface area contributed by atoms with Crippen molar-refractivity contribution in [2.75, 3.05) is 4.90 Å². The normalized spacial score (nSPS) is 11.6. The Morgan fingerprint density at radius 2 is 0.945 bits per heavy atom. The predicted molar refractivity (Wildman–Crippen MR) is 237 cm³/mol. The summed E-state index contributed by atoms with van der Waals surface area (Å²) < 4.78 is 5.11. The molecule has 0 aliphatic rings. The molecule has 0 radical (unpaired) electrons. The minimum atomic E-state index is 1.11. The highest BCUT2D eigenvalue weighted by Crippen LogP contribution is 2.44. The monoisotopic (exact) mass is 718 g/mol. The van der Waals surface area contributed by atoms with E-state index in [1.165, 1.54) is 80.7 Å². The fourth-order valence-corrected chi connectivity index (χ4v) is 9.58. The first kappa shape index (κ1) is 31.6. The van der Waals surface area contributed by atoms with Crippen molar-refractivity contribution in [3.05, 3.63) is 206 Å². The van der Waals surface area contributed by atoms with Crippen LogP contribution < -0.4 is 4.90 Å². The van der Waals surface area contributed by atoms with Gasteiger partial charge in [0.1, 0.15) is 0 Å². The number of hydrogen-bond donors (Lipinski definition) is 0. The number of para-hydroxylation sites is 1. The lowest BCUT2D eigenvalue weighted by molar-refractivity contribution is 1.18. The molecule has 0 atom stereocenters. The Morgan fingerprint density at radius 3 is 1.71 bits per heavy atom. The van der Waals surface area contributed by atoms with Gasteiger partial charge in [-0.3, -0.25) is 0 Å². The average molecular weight is 719 g/mol. The molecular weight excluding hydrogens is 685 g/mol. The molecule has 0 saturated carbocycles. The average Bonchev–Trinajstić information content (AvgIpc) is 3.80. The van der Waals surface area contributed by atoms with Crippen LogP contribution in [0.4, 0.5) is 17.1 Å². The van der Waals surface area contributed by atoms with Gasteiger partial charge in [-0.25, -0.2) is 0 Å². The third-order valence-electron chi connectivity index (χ3n) is 11.0. The van der Waals surface area contributed by atoms with Gasteiger partial charge in [0.25, 0.3) is 0 Å². The standard InChI is InChI=1S/C52H34N2S/c1-3-11-35(12-4-1)37-19-25-42(26-20-37)53(44-29-23-36-13-7-8-14-39(36)33-44)43-27-21-38(22-28-43)40-24-30-47-49(34-40)54(41-15-5-2-6-16-41)48-32-31-46-45-17-9-10-18-50(45)55-52(46)51(47)48/h1-34H. The van der Waals surface area contributed by atoms with Crippen LogP contribution in [0.5, 0.6) is 0 Å². The lowest BCUT2D eigenvalue weighted by atomic mass is 10.0. The zero-order valence-electron chi connectivity index (χ0n) is 29.9. The number of nitrogens with zero attached hydrogens (tertiary/aromatic N) is 2. The SMILES string of the molecule is c1ccc(-c2ccc(N(c3ccc(-c4ccc5c6c7sc8ccccc8c7ccc6n(-c6ccccc6)c5c4)cc3)c3ccc4ccccc4c3)cc2)cc1. The summed E-state index contributed by atoms with van der Waals surface area (Å²) in [7, 11) is 0. The second-order valence-corrected chi connectivity index (χ2v) is 15.2. The molecule has 0 fully saturated rings. The van der Waals surface area contributed by atoms with Crippen LogP contribution >= 0.6 is 11.3 Å². The van der Waals surface area contributed by atoms with E-state index in [0.29, 0.717) is 0 Å². The van der Waals surface area contributed by atoms with Crippen LogP contribution in [0.1, 0.15) is 0 Å². The van der Waals surface area contributed by atoms with Crippen molar-refractivity contribution in [1.82, 2.24) is 4.57 Å². The first-order valence-corrected chi connectivity index (χ1v) is 19.6. The Balaban J connectivity index is 1.04. The fourth-order valence-electron chi connectivity index (χ4n) is 8.32. The molecular formula is C52H34N2S. The minimum absolute atomic E-state index is 1.11. The Kier molecular flexibility index (Phi) is 7.39. The quantitative estimate of drug-likeness (QED) is 0.166. The summed E-state index contributed by atoms with van der Waals surface area (Å²) >= 11 is 1.90. The molecule has 258 valence electrons. The van der Waals surface area contributed by atoms with Gasteiger partial charge in [0.2, 0.25) is 0 Å². The second kappa shape index (κ2) is 12.9. The maximum Gasteiger partial charge on any atom is 0.0555 e. The number of anilines is 3. The number of rotatable bonds is 6. The third kappa shape index (κ3) is 5.32. The Labute approximate surface area is 323 Å². The lowest BCUT2D eigenvalue weighted by Gasteiger charge is -2.26. The van der Waals surface area contributed by atoms with Gasteiger partial charge in [0, 0.05) is 53.7 Å². The number of benzene rings is 9. The zero-order valence-corrected chi connectivity index (χ0v) is 30.7. The molecule has 0 saturated heterocycles. The third-order valence-corrected chi connectivity index (χ3v) is 12.2. The summed E-state index contributed by atoms with van der Waals surface area (Å²) in [5, 5.41) is 7.70. The molecule has 2 heterocycles. The van der Waals surface area contributed by atoms with Gasteiger partial charge in [0.05, 0.1) is 11.0 Å². The number of fused-ring (bicyclic) bond motifs is 8. The van der Waals surface area contributed by atoms with E-state index in [-0.39, 0.29) is 0 Å². The molecule has 0 unspecified atom stereocenters. The van der Waals surface area contributed by atoms with Crippen molar-refractivity contribution in [2.24, 2.45) is 0 Å². The van der Waals surface area contributed by atoms with Gasteiger partial charge in [0.15, 0.2) is 0 Å². The highest BCUT2D eigenvalue weighted by Gasteiger charge is 2.19. The second-order valence-electron chi connectivity index (χ2n) is 14.2. The highest BCUT2D eigenvalue weighted by molar-refractivity contribution is 7.26. The van der Waals surface area contributed by atoms with Crippen molar-refractivity contribution in [3.63, 3.8) is 0 Å². The molecule has 2 aromatic heterocycles. The Hall–Kier alpha value is -6.94. The van der Waals surface area contributed by atoms with Crippen LogP contribution in [0.25, 0.3) is 80.7 Å². The van der Waals surface area contributed by atoms with Crippen LogP contribution in [-0.4, -0.2) is 4.57 Å². The molecule has 0 spiro atoms. The van der Waals surface area contributed by atoms with Crippen molar-refractivity contribution in [1.29, 1.82) is 0 Å². The van der Waals surface area contributed by atoms with Crippen molar-refractivity contribution in [3.8, 4) is 27.9 Å². The molecule has 0 amide bonds. The molecule has 0 bridgehead atoms. The highest BCUT2D eigenvalue weighted by atomic mass is 32.1. The van der Waals surface area contributed by atoms with E-state index < -0.39 is 0 Å². The van der Waals surface area contributed by atoms with Crippen molar-refractivity contribution in [2.45, 2.75) is 0 Å². The molecule has 2 nitrogen and oxygen atoms in total. The van der Waals surface area contributed by atoms with Gasteiger partial charge in [-0.15, -0.1) is 11.3 Å². The first-order chi connectivity index (χ1) is 27.3. The molecule has 0 aliphatic heterocycles. The van der Waals surface area contributed by atoms with E-state index in [2.05, 4.69) is 216 Å². The number of aromatic nitrogens is 1. The van der Waals surface area contributed by atoms with E-state index in [4.69, 9.17) is 0 Å². The molecule has 11 rings (SSSR count). The maximum absolute atomic E-state index is 2.44. The summed E-state index contributed by atoms with van der Waals surface area (Å²) in [5.74, 6) is 0. The van der Waals surface area contributed by atoms with Gasteiger partial charge >= 0.3 is 0 Å². The van der Waals surface area contributed by atoms with Crippen LogP contribution in [0.3, 0.4) is 0 Å². The molecule has 3 heteroatoms. The van der Waals surface area contributed by atoms with Crippen LogP contribution in [0.15, 0.2) is 206 Å². The van der Waals surface area contributed by atoms with E-state index in [0.717, 1.165) is 17.1 Å². The fraction of sp³-hybridized carbons (Fsp3) is 0. The lowest BCUT2D eigenvalue weighted by Crippen LogP contribution is -2.09. The van der Waals surface area contributed by atoms with Gasteiger partial charge in [-0.05, 0) is 99.8 Å². The Morgan fingerprint density at radius 1 is 0.364 bits per heavy atom. The number of hydrogen-bond acceptors (Lipinski definition) is 2. The van der Waals surface area contributed by atoms with Crippen molar-refractivity contribution >= 4 is 81.1 Å². The predicted octanol–water partition coefficient (Wildman–Crippen LogP) is 15.1. The van der Waals surface area contributed by atoms with E-state index >= 15 is 0 Å². The van der Waals surface area contributed by atoms with Gasteiger partial charge < -0.3 is 9.47 Å². The number of thiophene rings is 1. The minimum Gasteiger partial charge on any atom is -0.310 e.